The predicted octanol–water partition coefficient (Wildman–Crippen LogP) is 2.37. The average Bonchev–Trinajstić information content (AvgIpc) is 3.18. The summed E-state index contributed by atoms with van der Waals surface area (Å²) in [7, 11) is 1.67. The van der Waals surface area contributed by atoms with Gasteiger partial charge < -0.3 is 9.30 Å². The SMILES string of the molecule is Cn1cccc1C(=O)NC(=O)COC(=O)c1ccccc1C(=O)c1ccccc1. The largest absolute Gasteiger partial charge is 0.452 e. The molecule has 0 radical (unpaired) electrons. The van der Waals surface area contributed by atoms with Crippen molar-refractivity contribution in [1.82, 2.24) is 9.88 Å². The molecule has 0 unspecified atom stereocenters. The summed E-state index contributed by atoms with van der Waals surface area (Å²) < 4.78 is 6.56. The van der Waals surface area contributed by atoms with Crippen LogP contribution in [0.25, 0.3) is 0 Å². The molecule has 0 atom stereocenters. The number of hydrogen-bond acceptors (Lipinski definition) is 5. The lowest BCUT2D eigenvalue weighted by Gasteiger charge is -2.09. The molecule has 0 aliphatic rings. The number of nitrogens with one attached hydrogen (secondary N) is 1. The molecule has 7 heteroatoms. The first-order valence-corrected chi connectivity index (χ1v) is 8.79. The number of amides is 2. The fourth-order valence-electron chi connectivity index (χ4n) is 2.74. The zero-order valence-corrected chi connectivity index (χ0v) is 15.6. The summed E-state index contributed by atoms with van der Waals surface area (Å²) in [5.74, 6) is -2.53. The second-order valence-corrected chi connectivity index (χ2v) is 6.20. The predicted molar refractivity (Wildman–Crippen MR) is 104 cm³/mol. The molecule has 0 saturated carbocycles. The highest BCUT2D eigenvalue weighted by Crippen LogP contribution is 2.15. The molecule has 1 heterocycles. The number of benzene rings is 2. The smallest absolute Gasteiger partial charge is 0.339 e. The molecular formula is C22H18N2O5. The van der Waals surface area contributed by atoms with Gasteiger partial charge in [0.1, 0.15) is 5.69 Å². The van der Waals surface area contributed by atoms with Crippen molar-refractivity contribution in [2.75, 3.05) is 6.61 Å². The Morgan fingerprint density at radius 2 is 1.52 bits per heavy atom. The van der Waals surface area contributed by atoms with Crippen molar-refractivity contribution < 1.29 is 23.9 Å². The van der Waals surface area contributed by atoms with E-state index in [1.165, 1.54) is 12.1 Å². The van der Waals surface area contributed by atoms with Gasteiger partial charge in [-0.25, -0.2) is 4.79 Å². The lowest BCUT2D eigenvalue weighted by Crippen LogP contribution is -2.35. The Hall–Kier alpha value is -4.00. The summed E-state index contributed by atoms with van der Waals surface area (Å²) >= 11 is 0. The zero-order valence-electron chi connectivity index (χ0n) is 15.6. The van der Waals surface area contributed by atoms with Crippen LogP contribution in [-0.2, 0) is 16.6 Å². The molecule has 0 aliphatic carbocycles. The first-order valence-electron chi connectivity index (χ1n) is 8.79. The normalized spacial score (nSPS) is 10.2. The Morgan fingerprint density at radius 1 is 0.862 bits per heavy atom. The van der Waals surface area contributed by atoms with Crippen LogP contribution in [0.1, 0.15) is 36.8 Å². The van der Waals surface area contributed by atoms with E-state index in [0.717, 1.165) is 0 Å². The van der Waals surface area contributed by atoms with E-state index in [9.17, 15) is 19.2 Å². The monoisotopic (exact) mass is 390 g/mol. The molecule has 29 heavy (non-hydrogen) atoms. The minimum Gasteiger partial charge on any atom is -0.452 e. The van der Waals surface area contributed by atoms with Crippen molar-refractivity contribution in [3.63, 3.8) is 0 Å². The molecule has 3 aromatic rings. The third-order valence-electron chi connectivity index (χ3n) is 4.19. The van der Waals surface area contributed by atoms with Gasteiger partial charge in [-0.2, -0.15) is 0 Å². The van der Waals surface area contributed by atoms with Crippen molar-refractivity contribution in [3.05, 3.63) is 95.3 Å². The van der Waals surface area contributed by atoms with Crippen molar-refractivity contribution in [3.8, 4) is 0 Å². The molecule has 1 aromatic heterocycles. The first-order chi connectivity index (χ1) is 14.0. The van der Waals surface area contributed by atoms with Crippen molar-refractivity contribution >= 4 is 23.6 Å². The second-order valence-electron chi connectivity index (χ2n) is 6.20. The van der Waals surface area contributed by atoms with Gasteiger partial charge in [-0.05, 0) is 18.2 Å². The summed E-state index contributed by atoms with van der Waals surface area (Å²) in [5.41, 5.74) is 0.939. The van der Waals surface area contributed by atoms with Crippen LogP contribution in [-0.4, -0.2) is 34.7 Å². The molecule has 0 bridgehead atoms. The van der Waals surface area contributed by atoms with E-state index in [2.05, 4.69) is 5.32 Å². The summed E-state index contributed by atoms with van der Waals surface area (Å²) in [6.45, 7) is -0.650. The minimum atomic E-state index is -0.827. The summed E-state index contributed by atoms with van der Waals surface area (Å²) in [4.78, 5) is 49.1. The number of carbonyl (C=O) groups excluding carboxylic acids is 4. The van der Waals surface area contributed by atoms with Crippen LogP contribution in [0.3, 0.4) is 0 Å². The van der Waals surface area contributed by atoms with Gasteiger partial charge in [0.25, 0.3) is 11.8 Å². The number of ether oxygens (including phenoxy) is 1. The van der Waals surface area contributed by atoms with E-state index < -0.39 is 24.4 Å². The average molecular weight is 390 g/mol. The summed E-state index contributed by atoms with van der Waals surface area (Å²) in [5, 5.41) is 2.15. The summed E-state index contributed by atoms with van der Waals surface area (Å²) in [6, 6.07) is 17.9. The lowest BCUT2D eigenvalue weighted by atomic mass is 9.98. The first kappa shape index (κ1) is 19.8. The van der Waals surface area contributed by atoms with Crippen LogP contribution in [0.4, 0.5) is 0 Å². The van der Waals surface area contributed by atoms with Crippen molar-refractivity contribution in [2.45, 2.75) is 0 Å². The van der Waals surface area contributed by atoms with Crippen LogP contribution in [0.15, 0.2) is 72.9 Å². The molecule has 2 amide bonds. The van der Waals surface area contributed by atoms with E-state index in [1.54, 1.807) is 72.4 Å². The van der Waals surface area contributed by atoms with Crippen LogP contribution in [0.5, 0.6) is 0 Å². The number of rotatable bonds is 6. The molecule has 146 valence electrons. The number of aromatic nitrogens is 1. The maximum absolute atomic E-state index is 12.7. The topological polar surface area (TPSA) is 94.5 Å². The van der Waals surface area contributed by atoms with E-state index in [4.69, 9.17) is 4.74 Å². The van der Waals surface area contributed by atoms with Gasteiger partial charge in [0, 0.05) is 24.4 Å². The van der Waals surface area contributed by atoms with Crippen LogP contribution in [0.2, 0.25) is 0 Å². The van der Waals surface area contributed by atoms with Crippen LogP contribution in [0, 0.1) is 0 Å². The highest BCUT2D eigenvalue weighted by Gasteiger charge is 2.20. The van der Waals surface area contributed by atoms with Gasteiger partial charge in [-0.1, -0.05) is 48.5 Å². The van der Waals surface area contributed by atoms with Gasteiger partial charge in [0.2, 0.25) is 0 Å². The molecule has 1 N–H and O–H groups in total. The number of hydrogen-bond donors (Lipinski definition) is 1. The fourth-order valence-corrected chi connectivity index (χ4v) is 2.74. The van der Waals surface area contributed by atoms with Gasteiger partial charge in [0.15, 0.2) is 12.4 Å². The number of carbonyl (C=O) groups is 4. The number of nitrogens with zero attached hydrogens (tertiary/aromatic N) is 1. The Balaban J connectivity index is 1.66. The molecule has 3 rings (SSSR count). The molecule has 7 nitrogen and oxygen atoms in total. The van der Waals surface area contributed by atoms with E-state index in [-0.39, 0.29) is 16.9 Å². The molecule has 0 fully saturated rings. The Kier molecular flexibility index (Phi) is 5.99. The van der Waals surface area contributed by atoms with Crippen LogP contribution < -0.4 is 5.32 Å². The number of aryl methyl sites for hydroxylation is 1. The minimum absolute atomic E-state index is 0.0444. The number of ketones is 1. The molecular weight excluding hydrogens is 372 g/mol. The maximum atomic E-state index is 12.7. The second kappa shape index (κ2) is 8.79. The Bertz CT molecular complexity index is 1070. The maximum Gasteiger partial charge on any atom is 0.339 e. The summed E-state index contributed by atoms with van der Waals surface area (Å²) in [6.07, 6.45) is 1.67. The van der Waals surface area contributed by atoms with Gasteiger partial charge in [-0.3, -0.25) is 19.7 Å². The van der Waals surface area contributed by atoms with E-state index in [0.29, 0.717) is 11.3 Å². The third kappa shape index (κ3) is 4.65. The molecule has 0 aliphatic heterocycles. The lowest BCUT2D eigenvalue weighted by molar-refractivity contribution is -0.123. The highest BCUT2D eigenvalue weighted by molar-refractivity contribution is 6.14. The van der Waals surface area contributed by atoms with Crippen molar-refractivity contribution in [2.24, 2.45) is 7.05 Å². The third-order valence-corrected chi connectivity index (χ3v) is 4.19. The Labute approximate surface area is 166 Å². The molecule has 0 saturated heterocycles. The number of esters is 1. The van der Waals surface area contributed by atoms with E-state index in [1.807, 2.05) is 0 Å². The van der Waals surface area contributed by atoms with Gasteiger partial charge >= 0.3 is 5.97 Å². The van der Waals surface area contributed by atoms with Gasteiger partial charge in [0.05, 0.1) is 5.56 Å². The fraction of sp³-hybridized carbons (Fsp3) is 0.0909. The quantitative estimate of drug-likeness (QED) is 0.515. The Morgan fingerprint density at radius 3 is 2.17 bits per heavy atom. The molecule has 0 spiro atoms. The van der Waals surface area contributed by atoms with E-state index >= 15 is 0 Å². The standard InChI is InChI=1S/C22H18N2O5/c1-24-13-7-12-18(24)21(27)23-19(25)14-29-22(28)17-11-6-5-10-16(17)20(26)15-8-3-2-4-9-15/h2-13H,14H2,1H3,(H,23,25,27). The van der Waals surface area contributed by atoms with Crippen molar-refractivity contribution in [1.29, 1.82) is 0 Å². The number of imide groups is 1. The van der Waals surface area contributed by atoms with Crippen LogP contribution >= 0.6 is 0 Å². The highest BCUT2D eigenvalue weighted by atomic mass is 16.5. The molecule has 2 aromatic carbocycles. The van der Waals surface area contributed by atoms with Gasteiger partial charge in [-0.15, -0.1) is 0 Å². The zero-order chi connectivity index (χ0) is 20.8.